The molecule has 5 heteroatoms. The van der Waals surface area contributed by atoms with E-state index in [1.807, 2.05) is 29.7 Å². The van der Waals surface area contributed by atoms with Gasteiger partial charge in [0.25, 0.3) is 0 Å². The van der Waals surface area contributed by atoms with E-state index in [9.17, 15) is 4.39 Å². The van der Waals surface area contributed by atoms with Crippen molar-refractivity contribution in [3.05, 3.63) is 52.9 Å². The number of halogens is 1. The molecule has 0 radical (unpaired) electrons. The Labute approximate surface area is 114 Å². The standard InChI is InChI=1S/C14H13FN2OS/c1-9(8-10-4-3-7-18-10)17-12-6-2-5-11(15)13(12)16-14(17)19/h2-7,9H,8H2,1H3,(H,16,19). The molecule has 0 saturated heterocycles. The Balaban J connectivity index is 2.07. The summed E-state index contributed by atoms with van der Waals surface area (Å²) in [7, 11) is 0. The molecule has 1 aromatic carbocycles. The number of hydrogen-bond donors (Lipinski definition) is 1. The van der Waals surface area contributed by atoms with E-state index >= 15 is 0 Å². The van der Waals surface area contributed by atoms with E-state index in [1.165, 1.54) is 6.07 Å². The Bertz CT molecular complexity index is 757. The van der Waals surface area contributed by atoms with Gasteiger partial charge in [-0.2, -0.15) is 0 Å². The lowest BCUT2D eigenvalue weighted by Crippen LogP contribution is -2.07. The minimum Gasteiger partial charge on any atom is -0.469 e. The van der Waals surface area contributed by atoms with Crippen molar-refractivity contribution in [2.45, 2.75) is 19.4 Å². The second-order valence-electron chi connectivity index (χ2n) is 4.57. The van der Waals surface area contributed by atoms with E-state index < -0.39 is 0 Å². The lowest BCUT2D eigenvalue weighted by molar-refractivity contribution is 0.452. The monoisotopic (exact) mass is 276 g/mol. The van der Waals surface area contributed by atoms with Gasteiger partial charge in [0.05, 0.1) is 11.8 Å². The van der Waals surface area contributed by atoms with Gasteiger partial charge in [-0.25, -0.2) is 4.39 Å². The minimum absolute atomic E-state index is 0.0919. The summed E-state index contributed by atoms with van der Waals surface area (Å²) >= 11 is 5.29. The predicted octanol–water partition coefficient (Wildman–Crippen LogP) is 4.23. The molecule has 1 N–H and O–H groups in total. The molecule has 3 aromatic rings. The maximum absolute atomic E-state index is 13.7. The van der Waals surface area contributed by atoms with Crippen LogP contribution in [0.15, 0.2) is 41.0 Å². The number of imidazole rings is 1. The molecule has 3 nitrogen and oxygen atoms in total. The lowest BCUT2D eigenvalue weighted by Gasteiger charge is -2.13. The molecule has 0 aliphatic heterocycles. The van der Waals surface area contributed by atoms with E-state index in [2.05, 4.69) is 4.98 Å². The third-order valence-electron chi connectivity index (χ3n) is 3.22. The average Bonchev–Trinajstić information content (AvgIpc) is 2.96. The van der Waals surface area contributed by atoms with Crippen molar-refractivity contribution in [1.82, 2.24) is 9.55 Å². The smallest absolute Gasteiger partial charge is 0.178 e. The number of fused-ring (bicyclic) bond motifs is 1. The van der Waals surface area contributed by atoms with Gasteiger partial charge in [0.2, 0.25) is 0 Å². The second-order valence-corrected chi connectivity index (χ2v) is 4.95. The van der Waals surface area contributed by atoms with Crippen LogP contribution in [0.3, 0.4) is 0 Å². The van der Waals surface area contributed by atoms with Crippen LogP contribution in [0, 0.1) is 10.6 Å². The first-order valence-corrected chi connectivity index (χ1v) is 6.49. The Hall–Kier alpha value is -1.88. The van der Waals surface area contributed by atoms with Crippen molar-refractivity contribution in [3.8, 4) is 0 Å². The fraction of sp³-hybridized carbons (Fsp3) is 0.214. The molecule has 98 valence electrons. The fourth-order valence-corrected chi connectivity index (χ4v) is 2.74. The first-order chi connectivity index (χ1) is 9.16. The van der Waals surface area contributed by atoms with E-state index in [0.717, 1.165) is 11.3 Å². The fourth-order valence-electron chi connectivity index (χ4n) is 2.36. The molecular weight excluding hydrogens is 263 g/mol. The number of rotatable bonds is 3. The SMILES string of the molecule is CC(Cc1ccco1)n1c(=S)[nH]c2c(F)cccc21. The van der Waals surface area contributed by atoms with Gasteiger partial charge in [0, 0.05) is 12.5 Å². The van der Waals surface area contributed by atoms with E-state index in [0.29, 0.717) is 16.7 Å². The molecule has 1 unspecified atom stereocenters. The molecule has 19 heavy (non-hydrogen) atoms. The number of furan rings is 1. The lowest BCUT2D eigenvalue weighted by atomic mass is 10.2. The summed E-state index contributed by atoms with van der Waals surface area (Å²) in [6.45, 7) is 2.04. The zero-order valence-corrected chi connectivity index (χ0v) is 11.2. The first kappa shape index (κ1) is 12.2. The molecule has 3 rings (SSSR count). The quantitative estimate of drug-likeness (QED) is 0.726. The third-order valence-corrected chi connectivity index (χ3v) is 3.52. The summed E-state index contributed by atoms with van der Waals surface area (Å²) in [4.78, 5) is 2.93. The summed E-state index contributed by atoms with van der Waals surface area (Å²) in [5.74, 6) is 0.604. The van der Waals surface area contributed by atoms with Crippen LogP contribution in [0.1, 0.15) is 18.7 Å². The molecule has 0 fully saturated rings. The van der Waals surface area contributed by atoms with Gasteiger partial charge in [-0.15, -0.1) is 0 Å². The van der Waals surface area contributed by atoms with Crippen molar-refractivity contribution in [2.24, 2.45) is 0 Å². The maximum atomic E-state index is 13.7. The van der Waals surface area contributed by atoms with Crippen LogP contribution in [0.25, 0.3) is 11.0 Å². The Morgan fingerprint density at radius 3 is 2.95 bits per heavy atom. The van der Waals surface area contributed by atoms with Crippen LogP contribution in [-0.2, 0) is 6.42 Å². The highest BCUT2D eigenvalue weighted by molar-refractivity contribution is 7.71. The molecular formula is C14H13FN2OS. The summed E-state index contributed by atoms with van der Waals surface area (Å²) in [6.07, 6.45) is 2.36. The first-order valence-electron chi connectivity index (χ1n) is 6.08. The number of H-pyrrole nitrogens is 1. The zero-order chi connectivity index (χ0) is 13.4. The summed E-state index contributed by atoms with van der Waals surface area (Å²) < 4.78 is 21.5. The number of benzene rings is 1. The number of aromatic amines is 1. The Morgan fingerprint density at radius 1 is 1.37 bits per heavy atom. The van der Waals surface area contributed by atoms with Crippen LogP contribution in [0.4, 0.5) is 4.39 Å². The van der Waals surface area contributed by atoms with E-state index in [4.69, 9.17) is 16.6 Å². The molecule has 0 aliphatic carbocycles. The number of nitrogens with zero attached hydrogens (tertiary/aromatic N) is 1. The van der Waals surface area contributed by atoms with Gasteiger partial charge >= 0.3 is 0 Å². The number of aromatic nitrogens is 2. The van der Waals surface area contributed by atoms with Crippen LogP contribution in [0.5, 0.6) is 0 Å². The molecule has 0 saturated carbocycles. The highest BCUT2D eigenvalue weighted by Gasteiger charge is 2.14. The molecule has 0 amide bonds. The van der Waals surface area contributed by atoms with Crippen LogP contribution in [-0.4, -0.2) is 9.55 Å². The van der Waals surface area contributed by atoms with Crippen LogP contribution < -0.4 is 0 Å². The van der Waals surface area contributed by atoms with Gasteiger partial charge in [-0.3, -0.25) is 0 Å². The predicted molar refractivity (Wildman–Crippen MR) is 74.2 cm³/mol. The minimum atomic E-state index is -0.285. The number of para-hydroxylation sites is 1. The van der Waals surface area contributed by atoms with Gasteiger partial charge in [-0.1, -0.05) is 6.07 Å². The van der Waals surface area contributed by atoms with Gasteiger partial charge in [-0.05, 0) is 43.4 Å². The molecule has 0 spiro atoms. The van der Waals surface area contributed by atoms with Crippen molar-refractivity contribution in [3.63, 3.8) is 0 Å². The van der Waals surface area contributed by atoms with Gasteiger partial charge in [0.1, 0.15) is 17.1 Å². The molecule has 1 atom stereocenters. The molecule has 2 heterocycles. The summed E-state index contributed by atoms with van der Waals surface area (Å²) in [5, 5.41) is 0. The van der Waals surface area contributed by atoms with Crippen molar-refractivity contribution < 1.29 is 8.81 Å². The highest BCUT2D eigenvalue weighted by Crippen LogP contribution is 2.23. The summed E-state index contributed by atoms with van der Waals surface area (Å²) in [6, 6.07) is 8.86. The molecule has 0 bridgehead atoms. The highest BCUT2D eigenvalue weighted by atomic mass is 32.1. The summed E-state index contributed by atoms with van der Waals surface area (Å²) in [5.41, 5.74) is 1.24. The van der Waals surface area contributed by atoms with Gasteiger partial charge < -0.3 is 14.0 Å². The molecule has 2 aromatic heterocycles. The Kier molecular flexibility index (Phi) is 2.98. The average molecular weight is 276 g/mol. The second kappa shape index (κ2) is 4.66. The van der Waals surface area contributed by atoms with Gasteiger partial charge in [0.15, 0.2) is 4.77 Å². The number of hydrogen-bond acceptors (Lipinski definition) is 2. The molecule has 0 aliphatic rings. The van der Waals surface area contributed by atoms with E-state index in [-0.39, 0.29) is 11.9 Å². The van der Waals surface area contributed by atoms with Crippen molar-refractivity contribution in [1.29, 1.82) is 0 Å². The van der Waals surface area contributed by atoms with E-state index in [1.54, 1.807) is 12.3 Å². The third kappa shape index (κ3) is 2.10. The van der Waals surface area contributed by atoms with Crippen molar-refractivity contribution >= 4 is 23.3 Å². The van der Waals surface area contributed by atoms with Crippen LogP contribution >= 0.6 is 12.2 Å². The normalized spacial score (nSPS) is 12.9. The topological polar surface area (TPSA) is 33.9 Å². The number of nitrogens with one attached hydrogen (secondary N) is 1. The zero-order valence-electron chi connectivity index (χ0n) is 10.4. The maximum Gasteiger partial charge on any atom is 0.178 e. The largest absolute Gasteiger partial charge is 0.469 e. The van der Waals surface area contributed by atoms with Crippen molar-refractivity contribution in [2.75, 3.05) is 0 Å². The Morgan fingerprint density at radius 2 is 2.21 bits per heavy atom. The van der Waals surface area contributed by atoms with Crippen LogP contribution in [0.2, 0.25) is 0 Å².